The molecule has 180 valence electrons. The van der Waals surface area contributed by atoms with Crippen molar-refractivity contribution >= 4 is 41.1 Å². The van der Waals surface area contributed by atoms with Gasteiger partial charge in [-0.15, -0.1) is 0 Å². The molecular weight excluding hydrogens is 458 g/mol. The Bertz CT molecular complexity index is 1070. The molecule has 8 nitrogen and oxygen atoms in total. The molecule has 1 heterocycles. The molecule has 2 aromatic rings. The lowest BCUT2D eigenvalue weighted by Crippen LogP contribution is -2.39. The van der Waals surface area contributed by atoms with Crippen LogP contribution in [0.15, 0.2) is 42.5 Å². The summed E-state index contributed by atoms with van der Waals surface area (Å²) < 4.78 is 5.71. The third-order valence-electron chi connectivity index (χ3n) is 6.38. The summed E-state index contributed by atoms with van der Waals surface area (Å²) in [4.78, 5) is 37.6. The summed E-state index contributed by atoms with van der Waals surface area (Å²) in [6.45, 7) is 0.990. The summed E-state index contributed by atoms with van der Waals surface area (Å²) in [6.07, 6.45) is 3.33. The van der Waals surface area contributed by atoms with Crippen LogP contribution in [0.4, 0.5) is 21.0 Å². The Kier molecular flexibility index (Phi) is 7.57. The zero-order valence-corrected chi connectivity index (χ0v) is 19.5. The molecule has 2 aromatic carbocycles. The SMILES string of the molecule is O=C(O)C[C@H]1CC[C@H](OC(=O)N2CCc3cc(NC(=O)Nc4ccccc4Cl)ccc3C2)CC1. The number of ether oxygens (including phenoxy) is 1. The Morgan fingerprint density at radius 3 is 2.53 bits per heavy atom. The van der Waals surface area contributed by atoms with E-state index in [0.717, 1.165) is 24.0 Å². The van der Waals surface area contributed by atoms with E-state index in [0.29, 0.717) is 48.7 Å². The number of para-hydroxylation sites is 1. The Morgan fingerprint density at radius 1 is 1.03 bits per heavy atom. The fourth-order valence-electron chi connectivity index (χ4n) is 4.55. The van der Waals surface area contributed by atoms with E-state index in [4.69, 9.17) is 21.4 Å². The first-order valence-corrected chi connectivity index (χ1v) is 11.9. The summed E-state index contributed by atoms with van der Waals surface area (Å²) in [5.41, 5.74) is 3.29. The van der Waals surface area contributed by atoms with Crippen LogP contribution in [-0.2, 0) is 22.5 Å². The highest BCUT2D eigenvalue weighted by molar-refractivity contribution is 6.33. The Labute approximate surface area is 203 Å². The van der Waals surface area contributed by atoms with Crippen molar-refractivity contribution < 1.29 is 24.2 Å². The first kappa shape index (κ1) is 23.9. The van der Waals surface area contributed by atoms with Gasteiger partial charge in [-0.3, -0.25) is 4.79 Å². The molecule has 0 atom stereocenters. The van der Waals surface area contributed by atoms with Gasteiger partial charge in [0.1, 0.15) is 6.10 Å². The van der Waals surface area contributed by atoms with Crippen LogP contribution in [0.5, 0.6) is 0 Å². The third kappa shape index (κ3) is 6.20. The summed E-state index contributed by atoms with van der Waals surface area (Å²) in [6, 6.07) is 12.3. The van der Waals surface area contributed by atoms with E-state index in [1.54, 1.807) is 29.2 Å². The number of anilines is 2. The Morgan fingerprint density at radius 2 is 1.79 bits per heavy atom. The molecule has 3 amide bonds. The van der Waals surface area contributed by atoms with Crippen LogP contribution in [0, 0.1) is 5.92 Å². The predicted octanol–water partition coefficient (Wildman–Crippen LogP) is 5.51. The van der Waals surface area contributed by atoms with Crippen LogP contribution in [0.3, 0.4) is 0 Å². The summed E-state index contributed by atoms with van der Waals surface area (Å²) in [7, 11) is 0. The summed E-state index contributed by atoms with van der Waals surface area (Å²) >= 11 is 6.08. The van der Waals surface area contributed by atoms with E-state index in [1.165, 1.54) is 0 Å². The average molecular weight is 486 g/mol. The highest BCUT2D eigenvalue weighted by Crippen LogP contribution is 2.30. The molecule has 0 spiro atoms. The van der Waals surface area contributed by atoms with Gasteiger partial charge in [0.2, 0.25) is 0 Å². The van der Waals surface area contributed by atoms with Gasteiger partial charge in [-0.25, -0.2) is 9.59 Å². The van der Waals surface area contributed by atoms with Crippen LogP contribution in [0.2, 0.25) is 5.02 Å². The number of nitrogens with one attached hydrogen (secondary N) is 2. The zero-order chi connectivity index (χ0) is 24.1. The fraction of sp³-hybridized carbons (Fsp3) is 0.400. The van der Waals surface area contributed by atoms with Crippen LogP contribution < -0.4 is 10.6 Å². The number of halogens is 1. The van der Waals surface area contributed by atoms with Gasteiger partial charge in [0.05, 0.1) is 10.7 Å². The maximum Gasteiger partial charge on any atom is 0.410 e. The third-order valence-corrected chi connectivity index (χ3v) is 6.71. The summed E-state index contributed by atoms with van der Waals surface area (Å²) in [5.74, 6) is -0.601. The van der Waals surface area contributed by atoms with Crippen molar-refractivity contribution in [1.29, 1.82) is 0 Å². The molecule has 1 fully saturated rings. The van der Waals surface area contributed by atoms with Crippen molar-refractivity contribution in [1.82, 2.24) is 4.90 Å². The van der Waals surface area contributed by atoms with E-state index < -0.39 is 5.97 Å². The number of hydrogen-bond donors (Lipinski definition) is 3. The second-order valence-corrected chi connectivity index (χ2v) is 9.25. The second kappa shape index (κ2) is 10.8. The lowest BCUT2D eigenvalue weighted by molar-refractivity contribution is -0.138. The number of carbonyl (C=O) groups excluding carboxylic acids is 2. The van der Waals surface area contributed by atoms with Gasteiger partial charge in [0.15, 0.2) is 0 Å². The van der Waals surface area contributed by atoms with Crippen LogP contribution in [-0.4, -0.2) is 40.7 Å². The van der Waals surface area contributed by atoms with Crippen molar-refractivity contribution in [3.63, 3.8) is 0 Å². The lowest BCUT2D eigenvalue weighted by Gasteiger charge is -2.32. The van der Waals surface area contributed by atoms with E-state index in [9.17, 15) is 14.4 Å². The van der Waals surface area contributed by atoms with Gasteiger partial charge in [-0.1, -0.05) is 29.8 Å². The highest BCUT2D eigenvalue weighted by atomic mass is 35.5. The van der Waals surface area contributed by atoms with Crippen LogP contribution in [0.1, 0.15) is 43.2 Å². The number of urea groups is 1. The monoisotopic (exact) mass is 485 g/mol. The number of rotatable bonds is 5. The number of amides is 3. The molecule has 0 bridgehead atoms. The van der Waals surface area contributed by atoms with Gasteiger partial charge < -0.3 is 25.4 Å². The Balaban J connectivity index is 1.28. The average Bonchev–Trinajstić information content (AvgIpc) is 2.81. The molecule has 34 heavy (non-hydrogen) atoms. The second-order valence-electron chi connectivity index (χ2n) is 8.84. The Hall–Kier alpha value is -3.26. The molecule has 9 heteroatoms. The molecule has 4 rings (SSSR count). The number of fused-ring (bicyclic) bond motifs is 1. The van der Waals surface area contributed by atoms with Crippen molar-refractivity contribution in [2.45, 2.75) is 51.2 Å². The normalized spacial score (nSPS) is 19.6. The molecule has 1 aliphatic heterocycles. The predicted molar refractivity (Wildman–Crippen MR) is 129 cm³/mol. The topological polar surface area (TPSA) is 108 Å². The number of nitrogens with zero attached hydrogens (tertiary/aromatic N) is 1. The van der Waals surface area contributed by atoms with E-state index >= 15 is 0 Å². The largest absolute Gasteiger partial charge is 0.481 e. The van der Waals surface area contributed by atoms with Crippen molar-refractivity contribution in [2.24, 2.45) is 5.92 Å². The number of carboxylic acids is 1. The van der Waals surface area contributed by atoms with E-state index in [-0.39, 0.29) is 30.6 Å². The minimum absolute atomic E-state index is 0.151. The van der Waals surface area contributed by atoms with Gasteiger partial charge >= 0.3 is 18.1 Å². The van der Waals surface area contributed by atoms with Gasteiger partial charge in [-0.2, -0.15) is 0 Å². The maximum absolute atomic E-state index is 12.7. The molecule has 0 saturated heterocycles. The number of hydrogen-bond acceptors (Lipinski definition) is 4. The zero-order valence-electron chi connectivity index (χ0n) is 18.8. The first-order valence-electron chi connectivity index (χ1n) is 11.5. The number of benzene rings is 2. The van der Waals surface area contributed by atoms with Crippen molar-refractivity contribution in [3.05, 3.63) is 58.6 Å². The maximum atomic E-state index is 12.7. The van der Waals surface area contributed by atoms with Crippen molar-refractivity contribution in [2.75, 3.05) is 17.2 Å². The molecule has 2 aliphatic rings. The minimum Gasteiger partial charge on any atom is -0.481 e. The van der Waals surface area contributed by atoms with Gasteiger partial charge in [-0.05, 0) is 73.4 Å². The van der Waals surface area contributed by atoms with E-state index in [1.807, 2.05) is 18.2 Å². The molecule has 1 aliphatic carbocycles. The van der Waals surface area contributed by atoms with E-state index in [2.05, 4.69) is 10.6 Å². The highest BCUT2D eigenvalue weighted by Gasteiger charge is 2.28. The van der Waals surface area contributed by atoms with Crippen molar-refractivity contribution in [3.8, 4) is 0 Å². The smallest absolute Gasteiger partial charge is 0.410 e. The molecule has 1 saturated carbocycles. The quantitative estimate of drug-likeness (QED) is 0.517. The molecular formula is C25H28ClN3O5. The fourth-order valence-corrected chi connectivity index (χ4v) is 4.73. The summed E-state index contributed by atoms with van der Waals surface area (Å²) in [5, 5.41) is 14.9. The first-order chi connectivity index (χ1) is 16.4. The number of carboxylic acid groups (broad SMARTS) is 1. The minimum atomic E-state index is -0.771. The standard InChI is InChI=1S/C25H28ClN3O5/c26-21-3-1-2-4-22(21)28-24(32)27-19-8-7-18-15-29(12-11-17(18)14-19)25(33)34-20-9-5-16(6-10-20)13-23(30)31/h1-4,7-8,14,16,20H,5-6,9-13,15H2,(H,30,31)(H2,27,28,32)/t16-,20-. The van der Waals surface area contributed by atoms with Crippen LogP contribution in [0.25, 0.3) is 0 Å². The van der Waals surface area contributed by atoms with Crippen LogP contribution >= 0.6 is 11.6 Å². The number of carbonyl (C=O) groups is 3. The molecule has 0 radical (unpaired) electrons. The lowest BCUT2D eigenvalue weighted by atomic mass is 9.85. The molecule has 0 unspecified atom stereocenters. The van der Waals surface area contributed by atoms with Gasteiger partial charge in [0.25, 0.3) is 0 Å². The molecule has 3 N–H and O–H groups in total. The van der Waals surface area contributed by atoms with Gasteiger partial charge in [0, 0.05) is 25.2 Å². The molecule has 0 aromatic heterocycles. The number of aliphatic carboxylic acids is 1.